The molecule has 11 aromatic rings. The van der Waals surface area contributed by atoms with Crippen LogP contribution in [-0.4, -0.2) is 4.57 Å². The minimum atomic E-state index is 0.893. The molecule has 0 unspecified atom stereocenters. The standard InChI is InChI=1S/C48H30N2OS/c1-2-10-33(11-3-1)50-43-15-7-4-12-37(43)41-28-32(20-26-44(41)50)31-18-21-34(22-19-31)49(35-24-27-46-42(29-35)38-13-5-8-16-45(38)51-46)36-23-25-40-39-14-6-9-17-47(39)52-48(40)30-36/h1-30H. The van der Waals surface area contributed by atoms with Crippen LogP contribution < -0.4 is 4.90 Å². The molecule has 244 valence electrons. The number of benzene rings is 8. The number of para-hydroxylation sites is 3. The normalized spacial score (nSPS) is 11.8. The highest BCUT2D eigenvalue weighted by Crippen LogP contribution is 2.43. The van der Waals surface area contributed by atoms with E-state index in [9.17, 15) is 0 Å². The van der Waals surface area contributed by atoms with Gasteiger partial charge in [-0.1, -0.05) is 97.1 Å². The molecule has 0 bridgehead atoms. The van der Waals surface area contributed by atoms with Gasteiger partial charge in [-0.05, 0) is 96.1 Å². The Kier molecular flexibility index (Phi) is 6.42. The largest absolute Gasteiger partial charge is 0.456 e. The van der Waals surface area contributed by atoms with Crippen molar-refractivity contribution in [3.63, 3.8) is 0 Å². The molecule has 3 aromatic heterocycles. The quantitative estimate of drug-likeness (QED) is 0.180. The van der Waals surface area contributed by atoms with Crippen molar-refractivity contribution < 1.29 is 4.42 Å². The highest BCUT2D eigenvalue weighted by Gasteiger charge is 2.18. The summed E-state index contributed by atoms with van der Waals surface area (Å²) in [5, 5.41) is 7.34. The van der Waals surface area contributed by atoms with Gasteiger partial charge in [-0.25, -0.2) is 0 Å². The van der Waals surface area contributed by atoms with Gasteiger partial charge in [-0.15, -0.1) is 11.3 Å². The average Bonchev–Trinajstić information content (AvgIpc) is 3.87. The Labute approximate surface area is 303 Å². The van der Waals surface area contributed by atoms with Crippen LogP contribution in [0.1, 0.15) is 0 Å². The zero-order chi connectivity index (χ0) is 34.2. The molecular formula is C48H30N2OS. The van der Waals surface area contributed by atoms with Crippen molar-refractivity contribution in [3.8, 4) is 16.8 Å². The van der Waals surface area contributed by atoms with Crippen LogP contribution in [0.2, 0.25) is 0 Å². The van der Waals surface area contributed by atoms with Gasteiger partial charge in [0.25, 0.3) is 0 Å². The first-order chi connectivity index (χ1) is 25.8. The maximum Gasteiger partial charge on any atom is 0.135 e. The summed E-state index contributed by atoms with van der Waals surface area (Å²) in [5.74, 6) is 0. The minimum Gasteiger partial charge on any atom is -0.456 e. The molecule has 3 nitrogen and oxygen atoms in total. The predicted molar refractivity (Wildman–Crippen MR) is 221 cm³/mol. The summed E-state index contributed by atoms with van der Waals surface area (Å²) < 4.78 is 11.2. The van der Waals surface area contributed by atoms with Crippen molar-refractivity contribution in [1.82, 2.24) is 4.57 Å². The van der Waals surface area contributed by atoms with E-state index in [-0.39, 0.29) is 0 Å². The van der Waals surface area contributed by atoms with Crippen molar-refractivity contribution in [1.29, 1.82) is 0 Å². The number of hydrogen-bond acceptors (Lipinski definition) is 3. The lowest BCUT2D eigenvalue weighted by Gasteiger charge is -2.26. The molecule has 0 amide bonds. The molecule has 0 aliphatic heterocycles. The van der Waals surface area contributed by atoms with E-state index in [0.29, 0.717) is 0 Å². The topological polar surface area (TPSA) is 21.3 Å². The minimum absolute atomic E-state index is 0.893. The molecule has 0 aliphatic carbocycles. The number of hydrogen-bond donors (Lipinski definition) is 0. The van der Waals surface area contributed by atoms with Gasteiger partial charge in [-0.3, -0.25) is 0 Å². The van der Waals surface area contributed by atoms with Crippen LogP contribution in [0.4, 0.5) is 17.1 Å². The SMILES string of the molecule is c1ccc(-n2c3ccccc3c3cc(-c4ccc(N(c5ccc6c(c5)sc5ccccc56)c5ccc6oc7ccccc7c6c5)cc4)ccc32)cc1. The summed E-state index contributed by atoms with van der Waals surface area (Å²) in [5.41, 5.74) is 11.1. The second kappa shape index (κ2) is 11.5. The summed E-state index contributed by atoms with van der Waals surface area (Å²) in [4.78, 5) is 2.37. The highest BCUT2D eigenvalue weighted by atomic mass is 32.1. The number of fused-ring (bicyclic) bond motifs is 9. The van der Waals surface area contributed by atoms with E-state index in [1.54, 1.807) is 0 Å². The molecule has 0 saturated carbocycles. The lowest BCUT2D eigenvalue weighted by atomic mass is 10.0. The zero-order valence-electron chi connectivity index (χ0n) is 28.0. The van der Waals surface area contributed by atoms with Gasteiger partial charge in [0.1, 0.15) is 11.2 Å². The molecular weight excluding hydrogens is 653 g/mol. The monoisotopic (exact) mass is 682 g/mol. The second-order valence-electron chi connectivity index (χ2n) is 13.4. The molecule has 0 spiro atoms. The van der Waals surface area contributed by atoms with Gasteiger partial charge in [0.05, 0.1) is 11.0 Å². The van der Waals surface area contributed by atoms with Gasteiger partial charge in [0.15, 0.2) is 0 Å². The maximum absolute atomic E-state index is 6.22. The Hall–Kier alpha value is -6.62. The molecule has 0 radical (unpaired) electrons. The molecule has 0 aliphatic rings. The first-order valence-corrected chi connectivity index (χ1v) is 18.4. The van der Waals surface area contributed by atoms with E-state index in [0.717, 1.165) is 39.0 Å². The Morgan fingerprint density at radius 3 is 1.90 bits per heavy atom. The van der Waals surface area contributed by atoms with Crippen LogP contribution in [0, 0.1) is 0 Å². The molecule has 0 atom stereocenters. The molecule has 0 saturated heterocycles. The first kappa shape index (κ1) is 29.1. The number of aromatic nitrogens is 1. The molecule has 0 N–H and O–H groups in total. The van der Waals surface area contributed by atoms with Crippen LogP contribution in [0.3, 0.4) is 0 Å². The summed E-state index contributed by atoms with van der Waals surface area (Å²) in [6.45, 7) is 0. The summed E-state index contributed by atoms with van der Waals surface area (Å²) >= 11 is 1.85. The van der Waals surface area contributed by atoms with E-state index in [1.807, 2.05) is 23.5 Å². The number of thiophene rings is 1. The van der Waals surface area contributed by atoms with Gasteiger partial charge < -0.3 is 13.9 Å². The number of anilines is 3. The van der Waals surface area contributed by atoms with E-state index in [1.165, 1.54) is 58.8 Å². The van der Waals surface area contributed by atoms with E-state index in [4.69, 9.17) is 4.42 Å². The van der Waals surface area contributed by atoms with Crippen molar-refractivity contribution in [3.05, 3.63) is 182 Å². The van der Waals surface area contributed by atoms with E-state index in [2.05, 4.69) is 179 Å². The maximum atomic E-state index is 6.22. The predicted octanol–water partition coefficient (Wildman–Crippen LogP) is 14.2. The van der Waals surface area contributed by atoms with Crippen molar-refractivity contribution in [2.45, 2.75) is 0 Å². The number of furan rings is 1. The van der Waals surface area contributed by atoms with Crippen LogP contribution in [0.5, 0.6) is 0 Å². The Balaban J connectivity index is 1.05. The summed E-state index contributed by atoms with van der Waals surface area (Å²) in [6, 6.07) is 65.6. The third kappa shape index (κ3) is 4.51. The lowest BCUT2D eigenvalue weighted by Crippen LogP contribution is -2.09. The molecule has 52 heavy (non-hydrogen) atoms. The van der Waals surface area contributed by atoms with Gasteiger partial charge in [-0.2, -0.15) is 0 Å². The number of nitrogens with zero attached hydrogens (tertiary/aromatic N) is 2. The fourth-order valence-electron chi connectivity index (χ4n) is 7.96. The van der Waals surface area contributed by atoms with Crippen LogP contribution in [-0.2, 0) is 0 Å². The molecule has 8 aromatic carbocycles. The molecule has 4 heteroatoms. The molecule has 3 heterocycles. The molecule has 0 fully saturated rings. The third-order valence-electron chi connectivity index (χ3n) is 10.4. The highest BCUT2D eigenvalue weighted by molar-refractivity contribution is 7.25. The van der Waals surface area contributed by atoms with Crippen LogP contribution in [0.15, 0.2) is 186 Å². The van der Waals surface area contributed by atoms with Gasteiger partial charge >= 0.3 is 0 Å². The van der Waals surface area contributed by atoms with Crippen molar-refractivity contribution in [2.75, 3.05) is 4.90 Å². The Morgan fingerprint density at radius 2 is 1.02 bits per heavy atom. The van der Waals surface area contributed by atoms with Crippen molar-refractivity contribution >= 4 is 92.3 Å². The van der Waals surface area contributed by atoms with Crippen LogP contribution >= 0.6 is 11.3 Å². The van der Waals surface area contributed by atoms with E-state index >= 15 is 0 Å². The third-order valence-corrected chi connectivity index (χ3v) is 11.5. The smallest absolute Gasteiger partial charge is 0.135 e. The number of rotatable bonds is 5. The van der Waals surface area contributed by atoms with Gasteiger partial charge in [0, 0.05) is 64.5 Å². The summed E-state index contributed by atoms with van der Waals surface area (Å²) in [6.07, 6.45) is 0. The zero-order valence-corrected chi connectivity index (χ0v) is 28.8. The fourth-order valence-corrected chi connectivity index (χ4v) is 9.10. The lowest BCUT2D eigenvalue weighted by molar-refractivity contribution is 0.669. The fraction of sp³-hybridized carbons (Fsp3) is 0. The Morgan fingerprint density at radius 1 is 0.385 bits per heavy atom. The van der Waals surface area contributed by atoms with E-state index < -0.39 is 0 Å². The van der Waals surface area contributed by atoms with Gasteiger partial charge in [0.2, 0.25) is 0 Å². The van der Waals surface area contributed by atoms with Crippen LogP contribution in [0.25, 0.3) is 80.7 Å². The van der Waals surface area contributed by atoms with Crippen molar-refractivity contribution in [2.24, 2.45) is 0 Å². The Bertz CT molecular complexity index is 3130. The average molecular weight is 683 g/mol. The molecule has 11 rings (SSSR count). The summed E-state index contributed by atoms with van der Waals surface area (Å²) in [7, 11) is 0. The second-order valence-corrected chi connectivity index (χ2v) is 14.4. The first-order valence-electron chi connectivity index (χ1n) is 17.6.